The van der Waals surface area contributed by atoms with Crippen molar-refractivity contribution in [1.29, 1.82) is 0 Å². The predicted octanol–water partition coefficient (Wildman–Crippen LogP) is 2.17. The Labute approximate surface area is 135 Å². The normalized spacial score (nSPS) is 15.6. The van der Waals surface area contributed by atoms with Crippen LogP contribution in [0, 0.1) is 5.92 Å². The lowest BCUT2D eigenvalue weighted by Gasteiger charge is -2.31. The first-order chi connectivity index (χ1) is 11.2. The Morgan fingerprint density at radius 3 is 2.61 bits per heavy atom. The molecule has 0 saturated carbocycles. The largest absolute Gasteiger partial charge is 0.396 e. The van der Waals surface area contributed by atoms with Crippen molar-refractivity contribution in [3.05, 3.63) is 48.3 Å². The SMILES string of the molecule is O=C(Nc1ccc(Cn2cccn2)cc1)N1CCC(CO)CC1. The van der Waals surface area contributed by atoms with E-state index >= 15 is 0 Å². The third-order valence-electron chi connectivity index (χ3n) is 4.27. The second-order valence-corrected chi connectivity index (χ2v) is 5.94. The molecule has 0 spiro atoms. The van der Waals surface area contributed by atoms with Crippen LogP contribution in [0.25, 0.3) is 0 Å². The van der Waals surface area contributed by atoms with E-state index in [9.17, 15) is 4.79 Å². The van der Waals surface area contributed by atoms with Gasteiger partial charge in [0, 0.05) is 37.8 Å². The molecule has 0 atom stereocenters. The molecule has 2 aromatic rings. The maximum atomic E-state index is 12.2. The molecule has 0 aliphatic carbocycles. The molecule has 6 nitrogen and oxygen atoms in total. The van der Waals surface area contributed by atoms with Crippen molar-refractivity contribution < 1.29 is 9.90 Å². The number of benzene rings is 1. The Kier molecular flexibility index (Phi) is 4.92. The van der Waals surface area contributed by atoms with Crippen molar-refractivity contribution in [2.24, 2.45) is 5.92 Å². The van der Waals surface area contributed by atoms with E-state index in [0.29, 0.717) is 19.0 Å². The number of nitrogens with zero attached hydrogens (tertiary/aromatic N) is 3. The maximum absolute atomic E-state index is 12.2. The zero-order valence-electron chi connectivity index (χ0n) is 13.1. The Balaban J connectivity index is 1.52. The van der Waals surface area contributed by atoms with Crippen LogP contribution >= 0.6 is 0 Å². The summed E-state index contributed by atoms with van der Waals surface area (Å²) in [4.78, 5) is 14.1. The van der Waals surface area contributed by atoms with Gasteiger partial charge in [0.15, 0.2) is 0 Å². The third kappa shape index (κ3) is 4.10. The zero-order chi connectivity index (χ0) is 16.1. The first kappa shape index (κ1) is 15.6. The molecular formula is C17H22N4O2. The Hall–Kier alpha value is -2.34. The van der Waals surface area contributed by atoms with Gasteiger partial charge in [-0.3, -0.25) is 4.68 Å². The second kappa shape index (κ2) is 7.28. The molecule has 122 valence electrons. The number of aliphatic hydroxyl groups excluding tert-OH is 1. The molecule has 0 unspecified atom stereocenters. The van der Waals surface area contributed by atoms with Crippen molar-refractivity contribution in [1.82, 2.24) is 14.7 Å². The van der Waals surface area contributed by atoms with Gasteiger partial charge < -0.3 is 15.3 Å². The average Bonchev–Trinajstić information content (AvgIpc) is 3.10. The van der Waals surface area contributed by atoms with Crippen LogP contribution in [0.1, 0.15) is 18.4 Å². The van der Waals surface area contributed by atoms with Gasteiger partial charge in [0.2, 0.25) is 0 Å². The highest BCUT2D eigenvalue weighted by Gasteiger charge is 2.22. The first-order valence-electron chi connectivity index (χ1n) is 7.98. The first-order valence-corrected chi connectivity index (χ1v) is 7.98. The van der Waals surface area contributed by atoms with E-state index in [2.05, 4.69) is 10.4 Å². The molecular weight excluding hydrogens is 292 g/mol. The van der Waals surface area contributed by atoms with Gasteiger partial charge in [0.25, 0.3) is 0 Å². The van der Waals surface area contributed by atoms with Gasteiger partial charge in [0.1, 0.15) is 0 Å². The van der Waals surface area contributed by atoms with Crippen LogP contribution in [0.5, 0.6) is 0 Å². The molecule has 1 aromatic heterocycles. The fourth-order valence-electron chi connectivity index (χ4n) is 2.80. The number of hydrogen-bond donors (Lipinski definition) is 2. The highest BCUT2D eigenvalue weighted by atomic mass is 16.3. The average molecular weight is 314 g/mol. The zero-order valence-corrected chi connectivity index (χ0v) is 13.1. The summed E-state index contributed by atoms with van der Waals surface area (Å²) in [6.07, 6.45) is 5.42. The number of aliphatic hydroxyl groups is 1. The Morgan fingerprint density at radius 2 is 2.00 bits per heavy atom. The van der Waals surface area contributed by atoms with Crippen molar-refractivity contribution in [2.75, 3.05) is 25.0 Å². The van der Waals surface area contributed by atoms with Gasteiger partial charge in [-0.25, -0.2) is 4.79 Å². The quantitative estimate of drug-likeness (QED) is 0.908. The second-order valence-electron chi connectivity index (χ2n) is 5.94. The number of anilines is 1. The Bertz CT molecular complexity index is 617. The van der Waals surface area contributed by atoms with Crippen LogP contribution in [0.4, 0.5) is 10.5 Å². The van der Waals surface area contributed by atoms with Crippen LogP contribution in [-0.4, -0.2) is 45.5 Å². The van der Waals surface area contributed by atoms with E-state index in [4.69, 9.17) is 5.11 Å². The minimum absolute atomic E-state index is 0.0683. The molecule has 1 fully saturated rings. The molecule has 2 amide bonds. The van der Waals surface area contributed by atoms with Gasteiger partial charge in [-0.2, -0.15) is 5.10 Å². The van der Waals surface area contributed by atoms with Gasteiger partial charge in [-0.1, -0.05) is 12.1 Å². The fourth-order valence-corrected chi connectivity index (χ4v) is 2.80. The standard InChI is InChI=1S/C17H22N4O2/c22-13-15-6-10-20(11-7-15)17(23)19-16-4-2-14(3-5-16)12-21-9-1-8-18-21/h1-5,8-9,15,22H,6-7,10-13H2,(H,19,23). The van der Waals surface area contributed by atoms with Crippen molar-refractivity contribution in [3.63, 3.8) is 0 Å². The number of carbonyl (C=O) groups is 1. The molecule has 2 heterocycles. The highest BCUT2D eigenvalue weighted by molar-refractivity contribution is 5.89. The van der Waals surface area contributed by atoms with E-state index in [1.54, 1.807) is 6.20 Å². The maximum Gasteiger partial charge on any atom is 0.321 e. The van der Waals surface area contributed by atoms with Crippen molar-refractivity contribution in [2.45, 2.75) is 19.4 Å². The van der Waals surface area contributed by atoms with E-state index in [1.807, 2.05) is 46.1 Å². The summed E-state index contributed by atoms with van der Waals surface area (Å²) in [5.41, 5.74) is 1.93. The van der Waals surface area contributed by atoms with E-state index < -0.39 is 0 Å². The predicted molar refractivity (Wildman–Crippen MR) is 88.2 cm³/mol. The molecule has 1 saturated heterocycles. The molecule has 2 N–H and O–H groups in total. The highest BCUT2D eigenvalue weighted by Crippen LogP contribution is 2.18. The molecule has 1 aromatic carbocycles. The molecule has 1 aliphatic rings. The van der Waals surface area contributed by atoms with Crippen LogP contribution in [0.15, 0.2) is 42.7 Å². The number of nitrogens with one attached hydrogen (secondary N) is 1. The Morgan fingerprint density at radius 1 is 1.26 bits per heavy atom. The summed E-state index contributed by atoms with van der Waals surface area (Å²) in [6.45, 7) is 2.34. The molecule has 0 radical (unpaired) electrons. The van der Waals surface area contributed by atoms with Crippen LogP contribution < -0.4 is 5.32 Å². The van der Waals surface area contributed by atoms with Crippen LogP contribution in [0.2, 0.25) is 0 Å². The van der Waals surface area contributed by atoms with Gasteiger partial charge in [0.05, 0.1) is 6.54 Å². The molecule has 23 heavy (non-hydrogen) atoms. The topological polar surface area (TPSA) is 70.4 Å². The number of amides is 2. The summed E-state index contributed by atoms with van der Waals surface area (Å²) in [7, 11) is 0. The summed E-state index contributed by atoms with van der Waals surface area (Å²) in [6, 6.07) is 9.65. The van der Waals surface area contributed by atoms with Crippen LogP contribution in [-0.2, 0) is 6.54 Å². The fraction of sp³-hybridized carbons (Fsp3) is 0.412. The number of hydrogen-bond acceptors (Lipinski definition) is 3. The smallest absolute Gasteiger partial charge is 0.321 e. The van der Waals surface area contributed by atoms with Crippen LogP contribution in [0.3, 0.4) is 0 Å². The number of rotatable bonds is 4. The molecule has 6 heteroatoms. The summed E-state index contributed by atoms with van der Waals surface area (Å²) < 4.78 is 1.86. The number of aromatic nitrogens is 2. The lowest BCUT2D eigenvalue weighted by Crippen LogP contribution is -2.41. The summed E-state index contributed by atoms with van der Waals surface area (Å²) >= 11 is 0. The lowest BCUT2D eigenvalue weighted by atomic mass is 9.98. The molecule has 3 rings (SSSR count). The van der Waals surface area contributed by atoms with E-state index in [1.165, 1.54) is 0 Å². The molecule has 0 bridgehead atoms. The molecule has 1 aliphatic heterocycles. The van der Waals surface area contributed by atoms with Gasteiger partial charge >= 0.3 is 6.03 Å². The minimum atomic E-state index is -0.0683. The van der Waals surface area contributed by atoms with Crippen molar-refractivity contribution >= 4 is 11.7 Å². The number of urea groups is 1. The minimum Gasteiger partial charge on any atom is -0.396 e. The van der Waals surface area contributed by atoms with E-state index in [-0.39, 0.29) is 12.6 Å². The monoisotopic (exact) mass is 314 g/mol. The van der Waals surface area contributed by atoms with Gasteiger partial charge in [-0.15, -0.1) is 0 Å². The van der Waals surface area contributed by atoms with Crippen molar-refractivity contribution in [3.8, 4) is 0 Å². The lowest BCUT2D eigenvalue weighted by molar-refractivity contribution is 0.143. The summed E-state index contributed by atoms with van der Waals surface area (Å²) in [5, 5.41) is 16.3. The number of carbonyl (C=O) groups excluding carboxylic acids is 1. The number of likely N-dealkylation sites (tertiary alicyclic amines) is 1. The number of piperidine rings is 1. The van der Waals surface area contributed by atoms with E-state index in [0.717, 1.165) is 30.6 Å². The third-order valence-corrected chi connectivity index (χ3v) is 4.27. The summed E-state index contributed by atoms with van der Waals surface area (Å²) in [5.74, 6) is 0.334. The van der Waals surface area contributed by atoms with Gasteiger partial charge in [-0.05, 0) is 42.5 Å².